The number of nitrogens with one attached hydrogen (secondary N) is 2. The fourth-order valence-corrected chi connectivity index (χ4v) is 7.36. The number of benzene rings is 3. The third-order valence-electron chi connectivity index (χ3n) is 8.95. The lowest BCUT2D eigenvalue weighted by Gasteiger charge is -2.26. The van der Waals surface area contributed by atoms with Gasteiger partial charge in [-0.3, -0.25) is 14.6 Å². The molecular formula is C38H39ClN8O3S2. The summed E-state index contributed by atoms with van der Waals surface area (Å²) in [4.78, 5) is 17.8. The third-order valence-corrected chi connectivity index (χ3v) is 11.6. The number of thioether (sulfide) groups is 1. The number of pyridine rings is 1. The van der Waals surface area contributed by atoms with Crippen LogP contribution in [0.3, 0.4) is 0 Å². The number of carbonyl (C=O) groups excluding carboxylic acids is 1. The summed E-state index contributed by atoms with van der Waals surface area (Å²) in [5, 5.41) is 30.3. The molecule has 14 heteroatoms. The first-order valence-corrected chi connectivity index (χ1v) is 19.3. The molecule has 0 radical (unpaired) electrons. The summed E-state index contributed by atoms with van der Waals surface area (Å²) >= 11 is 9.72. The number of carbonyl (C=O) groups is 1. The molecule has 52 heavy (non-hydrogen) atoms. The molecule has 0 bridgehead atoms. The smallest absolute Gasteiger partial charge is 0.320 e. The molecule has 0 saturated carbocycles. The molecule has 3 aromatic heterocycles. The van der Waals surface area contributed by atoms with Crippen LogP contribution in [0.25, 0.3) is 22.7 Å². The second-order valence-corrected chi connectivity index (χ2v) is 15.8. The minimum Gasteiger partial charge on any atom is -0.508 e. The van der Waals surface area contributed by atoms with Crippen molar-refractivity contribution in [1.82, 2.24) is 34.6 Å². The van der Waals surface area contributed by atoms with Gasteiger partial charge in [-0.05, 0) is 79.8 Å². The number of morpholine rings is 1. The number of aromatic hydroxyl groups is 1. The number of nitrogens with zero attached hydrogens (tertiary/aromatic N) is 6. The van der Waals surface area contributed by atoms with Crippen molar-refractivity contribution in [3.63, 3.8) is 0 Å². The van der Waals surface area contributed by atoms with Crippen molar-refractivity contribution in [3.8, 4) is 22.8 Å². The third kappa shape index (κ3) is 8.08. The maximum atomic E-state index is 13.5. The van der Waals surface area contributed by atoms with Crippen LogP contribution < -0.4 is 10.6 Å². The normalized spacial score (nSPS) is 13.8. The van der Waals surface area contributed by atoms with E-state index in [9.17, 15) is 9.90 Å². The van der Waals surface area contributed by atoms with Crippen LogP contribution in [0.15, 0.2) is 101 Å². The molecule has 7 rings (SSSR count). The molecule has 0 spiro atoms. The summed E-state index contributed by atoms with van der Waals surface area (Å²) in [6.07, 6.45) is 4.00. The van der Waals surface area contributed by atoms with Gasteiger partial charge < -0.3 is 15.2 Å². The van der Waals surface area contributed by atoms with Gasteiger partial charge in [0.2, 0.25) is 0 Å². The second-order valence-electron chi connectivity index (χ2n) is 12.9. The summed E-state index contributed by atoms with van der Waals surface area (Å²) in [5.41, 5.74) is 5.11. The zero-order valence-electron chi connectivity index (χ0n) is 29.0. The predicted octanol–water partition coefficient (Wildman–Crippen LogP) is 7.84. The van der Waals surface area contributed by atoms with Crippen molar-refractivity contribution in [2.75, 3.05) is 37.9 Å². The first-order valence-electron chi connectivity index (χ1n) is 16.9. The van der Waals surface area contributed by atoms with E-state index in [2.05, 4.69) is 58.0 Å². The molecule has 1 saturated heterocycles. The maximum absolute atomic E-state index is 13.5. The lowest BCUT2D eigenvalue weighted by atomic mass is 10.1. The highest BCUT2D eigenvalue weighted by Crippen LogP contribution is 2.36. The second kappa shape index (κ2) is 15.6. The van der Waals surface area contributed by atoms with E-state index in [1.54, 1.807) is 35.7 Å². The molecule has 1 fully saturated rings. The van der Waals surface area contributed by atoms with Crippen LogP contribution in [-0.4, -0.2) is 73.0 Å². The number of hydrogen-bond acceptors (Lipinski definition) is 9. The number of hydrogen-bond donors (Lipinski definition) is 3. The zero-order valence-corrected chi connectivity index (χ0v) is 31.4. The number of phenols is 1. The van der Waals surface area contributed by atoms with Crippen LogP contribution in [0.1, 0.15) is 30.7 Å². The number of fused-ring (bicyclic) bond motifs is 1. The molecule has 6 aromatic rings. The molecular weight excluding hydrogens is 716 g/mol. The highest BCUT2D eigenvalue weighted by molar-refractivity contribution is 7.99. The highest BCUT2D eigenvalue weighted by atomic mass is 35.5. The van der Waals surface area contributed by atoms with E-state index in [-0.39, 0.29) is 16.5 Å². The van der Waals surface area contributed by atoms with E-state index in [0.717, 1.165) is 59.6 Å². The molecule has 3 aromatic carbocycles. The molecule has 2 amide bonds. The molecule has 1 aliphatic rings. The predicted molar refractivity (Wildman–Crippen MR) is 208 cm³/mol. The van der Waals surface area contributed by atoms with Crippen molar-refractivity contribution >= 4 is 52.6 Å². The van der Waals surface area contributed by atoms with Gasteiger partial charge in [-0.1, -0.05) is 53.7 Å². The fourth-order valence-electron chi connectivity index (χ4n) is 5.88. The zero-order chi connectivity index (χ0) is 36.2. The van der Waals surface area contributed by atoms with Gasteiger partial charge in [0.15, 0.2) is 11.5 Å². The maximum Gasteiger partial charge on any atom is 0.320 e. The summed E-state index contributed by atoms with van der Waals surface area (Å²) in [7, 11) is 0. The van der Waals surface area contributed by atoms with E-state index in [4.69, 9.17) is 21.4 Å². The topological polar surface area (TPSA) is 122 Å². The van der Waals surface area contributed by atoms with Gasteiger partial charge in [-0.15, -0.1) is 10.2 Å². The molecule has 11 nitrogen and oxygen atoms in total. The Morgan fingerprint density at radius 1 is 1.00 bits per heavy atom. The van der Waals surface area contributed by atoms with Gasteiger partial charge in [0.25, 0.3) is 0 Å². The minimum atomic E-state index is -0.336. The Bertz CT molecular complexity index is 2220. The van der Waals surface area contributed by atoms with Gasteiger partial charge in [0, 0.05) is 53.8 Å². The standard InChI is InChI=1S/C38H39ClN8O3S2/c1-38(2,51-3)33-21-35(47(44-33)27-9-6-7-25(19-27)23-45-15-17-50-18-16-45)41-37(49)40-22-26-8-4-5-10-32(26)52-29-12-14-34-42-43-36(46(34)24-29)30-20-28(48)11-13-31(30)39/h4-14,19-21,24,48H,15-18,22-23H2,1-3H3,(H2,40,41,49). The van der Waals surface area contributed by atoms with Crippen molar-refractivity contribution in [1.29, 1.82) is 0 Å². The van der Waals surface area contributed by atoms with E-state index < -0.39 is 0 Å². The van der Waals surface area contributed by atoms with Gasteiger partial charge >= 0.3 is 6.03 Å². The average Bonchev–Trinajstić information content (AvgIpc) is 3.78. The Morgan fingerprint density at radius 3 is 2.65 bits per heavy atom. The molecule has 3 N–H and O–H groups in total. The van der Waals surface area contributed by atoms with Crippen molar-refractivity contribution in [2.45, 2.75) is 41.5 Å². The quantitative estimate of drug-likeness (QED) is 0.121. The van der Waals surface area contributed by atoms with Crippen molar-refractivity contribution in [3.05, 3.63) is 113 Å². The molecule has 0 atom stereocenters. The Hall–Kier alpha value is -4.53. The number of urea groups is 1. The van der Waals surface area contributed by atoms with Gasteiger partial charge in [-0.25, -0.2) is 9.48 Å². The number of ether oxygens (including phenoxy) is 1. The Kier molecular flexibility index (Phi) is 10.8. The summed E-state index contributed by atoms with van der Waals surface area (Å²) in [6, 6.07) is 26.5. The lowest BCUT2D eigenvalue weighted by Crippen LogP contribution is -2.35. The minimum absolute atomic E-state index is 0.0922. The SMILES string of the molecule is CSC(C)(C)c1cc(NC(=O)NCc2ccccc2Sc2ccc3nnc(-c4cc(O)ccc4Cl)n3c2)n(-c2cccc(CN3CCOCC3)c2)n1. The number of rotatable bonds is 11. The van der Waals surface area contributed by atoms with Gasteiger partial charge in [0.05, 0.1) is 34.4 Å². The van der Waals surface area contributed by atoms with Crippen LogP contribution >= 0.6 is 35.1 Å². The van der Waals surface area contributed by atoms with Gasteiger partial charge in [0.1, 0.15) is 11.6 Å². The van der Waals surface area contributed by atoms with Crippen LogP contribution in [0, 0.1) is 0 Å². The Morgan fingerprint density at radius 2 is 1.83 bits per heavy atom. The summed E-state index contributed by atoms with van der Waals surface area (Å²) < 4.78 is 8.94. The number of phenolic OH excluding ortho intramolecular Hbond substituents is 1. The highest BCUT2D eigenvalue weighted by Gasteiger charge is 2.25. The Labute approximate surface area is 315 Å². The van der Waals surface area contributed by atoms with E-state index in [0.29, 0.717) is 34.4 Å². The van der Waals surface area contributed by atoms with Crippen LogP contribution in [0.5, 0.6) is 5.75 Å². The molecule has 4 heterocycles. The molecule has 0 aliphatic carbocycles. The lowest BCUT2D eigenvalue weighted by molar-refractivity contribution is 0.0342. The molecule has 1 aliphatic heterocycles. The van der Waals surface area contributed by atoms with E-state index >= 15 is 0 Å². The first kappa shape index (κ1) is 35.9. The monoisotopic (exact) mass is 754 g/mol. The van der Waals surface area contributed by atoms with Crippen LogP contribution in [0.4, 0.5) is 10.6 Å². The number of halogens is 1. The van der Waals surface area contributed by atoms with E-state index in [1.165, 1.54) is 11.6 Å². The number of anilines is 1. The van der Waals surface area contributed by atoms with Gasteiger partial charge in [-0.2, -0.15) is 16.9 Å². The average molecular weight is 755 g/mol. The van der Waals surface area contributed by atoms with Crippen LogP contribution in [0.2, 0.25) is 5.02 Å². The van der Waals surface area contributed by atoms with Crippen LogP contribution in [-0.2, 0) is 22.6 Å². The first-order chi connectivity index (χ1) is 25.2. The van der Waals surface area contributed by atoms with E-state index in [1.807, 2.05) is 69.9 Å². The molecule has 268 valence electrons. The summed E-state index contributed by atoms with van der Waals surface area (Å²) in [5.74, 6) is 1.21. The summed E-state index contributed by atoms with van der Waals surface area (Å²) in [6.45, 7) is 8.68. The number of aromatic nitrogens is 5. The van der Waals surface area contributed by atoms with Crippen molar-refractivity contribution < 1.29 is 14.6 Å². The number of amides is 2. The fraction of sp³-hybridized carbons (Fsp3) is 0.263. The molecule has 0 unspecified atom stereocenters. The largest absolute Gasteiger partial charge is 0.508 e. The van der Waals surface area contributed by atoms with Crippen molar-refractivity contribution in [2.24, 2.45) is 0 Å². The Balaban J connectivity index is 1.08.